The van der Waals surface area contributed by atoms with Crippen LogP contribution in [-0.4, -0.2) is 66.7 Å². The Balaban J connectivity index is 1.68. The highest BCUT2D eigenvalue weighted by atomic mass is 32.2. The Morgan fingerprint density at radius 1 is 0.935 bits per heavy atom. The lowest BCUT2D eigenvalue weighted by Crippen LogP contribution is -2.40. The van der Waals surface area contributed by atoms with Gasteiger partial charge in [0.15, 0.2) is 9.84 Å². The molecular weight excluding hydrogens is 440 g/mol. The fraction of sp³-hybridized carbons (Fsp3) is 0.286. The number of sulfonamides is 1. The molecule has 31 heavy (non-hydrogen) atoms. The van der Waals surface area contributed by atoms with Gasteiger partial charge in [0.05, 0.1) is 23.0 Å². The number of hydrogen-bond donors (Lipinski definition) is 0. The minimum atomic E-state index is -3.59. The zero-order valence-electron chi connectivity index (χ0n) is 17.3. The molecule has 1 fully saturated rings. The van der Waals surface area contributed by atoms with Crippen molar-refractivity contribution in [1.29, 1.82) is 0 Å². The molecule has 1 aliphatic heterocycles. The number of morpholine rings is 1. The molecule has 0 bridgehead atoms. The average molecular weight is 465 g/mol. The SMILES string of the molecule is CN(C(=O)/C=C/c1ccc(S(C)(=O)=O)cc1)c1ccc(S(=O)(=O)N2CCOCC2)cc1. The van der Waals surface area contributed by atoms with E-state index in [9.17, 15) is 21.6 Å². The molecule has 0 aliphatic carbocycles. The molecule has 0 saturated carbocycles. The quantitative estimate of drug-likeness (QED) is 0.604. The van der Waals surface area contributed by atoms with Crippen molar-refractivity contribution in [2.75, 3.05) is 44.5 Å². The lowest BCUT2D eigenvalue weighted by atomic mass is 10.2. The van der Waals surface area contributed by atoms with Crippen LogP contribution in [0.25, 0.3) is 6.08 Å². The largest absolute Gasteiger partial charge is 0.379 e. The van der Waals surface area contributed by atoms with E-state index in [1.54, 1.807) is 37.4 Å². The molecule has 2 aromatic rings. The van der Waals surface area contributed by atoms with Crippen LogP contribution in [-0.2, 0) is 29.4 Å². The number of benzene rings is 2. The summed E-state index contributed by atoms with van der Waals surface area (Å²) in [5, 5.41) is 0. The molecule has 1 aliphatic rings. The Kier molecular flexibility index (Phi) is 6.95. The number of likely N-dealkylation sites (N-methyl/N-ethyl adjacent to an activating group) is 1. The number of ether oxygens (including phenoxy) is 1. The number of carbonyl (C=O) groups is 1. The van der Waals surface area contributed by atoms with Gasteiger partial charge in [-0.05, 0) is 48.0 Å². The van der Waals surface area contributed by atoms with Crippen molar-refractivity contribution < 1.29 is 26.4 Å². The first-order valence-electron chi connectivity index (χ1n) is 9.53. The van der Waals surface area contributed by atoms with E-state index < -0.39 is 19.9 Å². The summed E-state index contributed by atoms with van der Waals surface area (Å²) in [4.78, 5) is 14.2. The van der Waals surface area contributed by atoms with Gasteiger partial charge in [-0.1, -0.05) is 12.1 Å². The maximum absolute atomic E-state index is 12.7. The minimum Gasteiger partial charge on any atom is -0.379 e. The van der Waals surface area contributed by atoms with Gasteiger partial charge in [0.2, 0.25) is 10.0 Å². The van der Waals surface area contributed by atoms with E-state index in [0.29, 0.717) is 37.6 Å². The van der Waals surface area contributed by atoms with Gasteiger partial charge in [-0.15, -0.1) is 0 Å². The average Bonchev–Trinajstić information content (AvgIpc) is 2.77. The van der Waals surface area contributed by atoms with Crippen LogP contribution in [0, 0.1) is 0 Å². The molecule has 0 spiro atoms. The smallest absolute Gasteiger partial charge is 0.250 e. The molecule has 0 N–H and O–H groups in total. The van der Waals surface area contributed by atoms with Gasteiger partial charge in [-0.25, -0.2) is 16.8 Å². The number of sulfone groups is 1. The zero-order valence-corrected chi connectivity index (χ0v) is 18.9. The van der Waals surface area contributed by atoms with Crippen LogP contribution in [0.1, 0.15) is 5.56 Å². The Bertz CT molecular complexity index is 1170. The first kappa shape index (κ1) is 23.1. The summed E-state index contributed by atoms with van der Waals surface area (Å²) in [5.74, 6) is -0.309. The second-order valence-corrected chi connectivity index (χ2v) is 11.0. The van der Waals surface area contributed by atoms with Crippen LogP contribution in [0.4, 0.5) is 5.69 Å². The summed E-state index contributed by atoms with van der Waals surface area (Å²) >= 11 is 0. The first-order chi connectivity index (χ1) is 14.6. The molecule has 1 heterocycles. The molecule has 166 valence electrons. The van der Waals surface area contributed by atoms with Crippen molar-refractivity contribution in [2.45, 2.75) is 9.79 Å². The van der Waals surface area contributed by atoms with Gasteiger partial charge in [-0.2, -0.15) is 4.31 Å². The van der Waals surface area contributed by atoms with Crippen molar-refractivity contribution in [3.8, 4) is 0 Å². The van der Waals surface area contributed by atoms with Crippen molar-refractivity contribution in [2.24, 2.45) is 0 Å². The van der Waals surface area contributed by atoms with Crippen LogP contribution in [0.5, 0.6) is 0 Å². The normalized spacial score (nSPS) is 15.8. The van der Waals surface area contributed by atoms with Gasteiger partial charge in [0.25, 0.3) is 5.91 Å². The van der Waals surface area contributed by atoms with Crippen molar-refractivity contribution in [1.82, 2.24) is 4.31 Å². The molecule has 1 amide bonds. The van der Waals surface area contributed by atoms with Crippen LogP contribution in [0.2, 0.25) is 0 Å². The highest BCUT2D eigenvalue weighted by Gasteiger charge is 2.26. The minimum absolute atomic E-state index is 0.167. The van der Waals surface area contributed by atoms with Gasteiger partial charge < -0.3 is 9.64 Å². The number of anilines is 1. The summed E-state index contributed by atoms with van der Waals surface area (Å²) in [6.45, 7) is 1.38. The molecule has 10 heteroatoms. The standard InChI is InChI=1S/C21H24N2O6S2/c1-22(21(24)12-5-17-3-8-19(9-4-17)30(2,25)26)18-6-10-20(11-7-18)31(27,28)23-13-15-29-16-14-23/h3-12H,13-16H2,1-2H3/b12-5+. The van der Waals surface area contributed by atoms with Crippen LogP contribution in [0.15, 0.2) is 64.4 Å². The molecule has 0 radical (unpaired) electrons. The van der Waals surface area contributed by atoms with E-state index in [2.05, 4.69) is 0 Å². The third-order valence-electron chi connectivity index (χ3n) is 4.89. The number of rotatable bonds is 6. The Morgan fingerprint density at radius 2 is 1.48 bits per heavy atom. The van der Waals surface area contributed by atoms with Gasteiger partial charge in [0, 0.05) is 38.2 Å². The maximum atomic E-state index is 12.7. The highest BCUT2D eigenvalue weighted by Crippen LogP contribution is 2.21. The summed E-state index contributed by atoms with van der Waals surface area (Å²) in [6, 6.07) is 12.3. The molecule has 0 atom stereocenters. The molecule has 8 nitrogen and oxygen atoms in total. The fourth-order valence-electron chi connectivity index (χ4n) is 3.01. The predicted molar refractivity (Wildman–Crippen MR) is 118 cm³/mol. The lowest BCUT2D eigenvalue weighted by Gasteiger charge is -2.26. The number of nitrogens with zero attached hydrogens (tertiary/aromatic N) is 2. The number of hydrogen-bond acceptors (Lipinski definition) is 6. The number of amides is 1. The third kappa shape index (κ3) is 5.59. The zero-order chi connectivity index (χ0) is 22.6. The highest BCUT2D eigenvalue weighted by molar-refractivity contribution is 7.90. The Hall–Kier alpha value is -2.53. The molecule has 1 saturated heterocycles. The van der Waals surface area contributed by atoms with Crippen molar-refractivity contribution in [3.63, 3.8) is 0 Å². The van der Waals surface area contributed by atoms with Crippen molar-refractivity contribution >= 4 is 37.5 Å². The van der Waals surface area contributed by atoms with Gasteiger partial charge in [-0.3, -0.25) is 4.79 Å². The first-order valence-corrected chi connectivity index (χ1v) is 12.9. The van der Waals surface area contributed by atoms with Crippen LogP contribution < -0.4 is 4.90 Å². The summed E-state index contributed by atoms with van der Waals surface area (Å²) < 4.78 is 55.0. The van der Waals surface area contributed by atoms with Crippen LogP contribution in [0.3, 0.4) is 0 Å². The summed E-state index contributed by atoms with van der Waals surface area (Å²) in [7, 11) is -5.28. The third-order valence-corrected chi connectivity index (χ3v) is 7.93. The van der Waals surface area contributed by atoms with Crippen molar-refractivity contribution in [3.05, 3.63) is 60.2 Å². The molecule has 0 aromatic heterocycles. The maximum Gasteiger partial charge on any atom is 0.250 e. The van der Waals surface area contributed by atoms with E-state index in [1.807, 2.05) is 0 Å². The molecule has 2 aromatic carbocycles. The topological polar surface area (TPSA) is 101 Å². The van der Waals surface area contributed by atoms with E-state index >= 15 is 0 Å². The molecule has 0 unspecified atom stereocenters. The molecule has 3 rings (SSSR count). The monoisotopic (exact) mass is 464 g/mol. The second kappa shape index (κ2) is 9.31. The summed E-state index contributed by atoms with van der Waals surface area (Å²) in [6.07, 6.45) is 4.09. The number of carbonyl (C=O) groups excluding carboxylic acids is 1. The molecular formula is C21H24N2O6S2. The van der Waals surface area contributed by atoms with E-state index in [1.165, 1.54) is 39.5 Å². The van der Waals surface area contributed by atoms with Gasteiger partial charge in [0.1, 0.15) is 0 Å². The van der Waals surface area contributed by atoms with E-state index in [0.717, 1.165) is 6.26 Å². The Labute approximate surface area is 182 Å². The Morgan fingerprint density at radius 3 is 2.03 bits per heavy atom. The predicted octanol–water partition coefficient (Wildman–Crippen LogP) is 1.79. The summed E-state index contributed by atoms with van der Waals surface area (Å²) in [5.41, 5.74) is 1.23. The lowest BCUT2D eigenvalue weighted by molar-refractivity contribution is -0.113. The second-order valence-electron chi connectivity index (χ2n) is 7.08. The van der Waals surface area contributed by atoms with E-state index in [4.69, 9.17) is 4.74 Å². The fourth-order valence-corrected chi connectivity index (χ4v) is 5.05. The van der Waals surface area contributed by atoms with Crippen LogP contribution >= 0.6 is 0 Å². The van der Waals surface area contributed by atoms with Gasteiger partial charge >= 0.3 is 0 Å². The van der Waals surface area contributed by atoms with E-state index in [-0.39, 0.29) is 15.7 Å².